The van der Waals surface area contributed by atoms with E-state index >= 15 is 0 Å². The van der Waals surface area contributed by atoms with Crippen LogP contribution in [0.4, 0.5) is 0 Å². The van der Waals surface area contributed by atoms with Crippen LogP contribution in [0.5, 0.6) is 0 Å². The molecule has 0 aromatic heterocycles. The van der Waals surface area contributed by atoms with Crippen LogP contribution < -0.4 is 4.98 Å². The quantitative estimate of drug-likeness (QED) is 0.586. The molecule has 0 amide bonds. The van der Waals surface area contributed by atoms with E-state index in [0.29, 0.717) is 0 Å². The molecule has 2 aliphatic rings. The van der Waals surface area contributed by atoms with Crippen molar-refractivity contribution in [3.63, 3.8) is 0 Å². The number of piperidine rings is 1. The second-order valence-electron chi connectivity index (χ2n) is 5.73. The lowest BCUT2D eigenvalue weighted by Gasteiger charge is -2.47. The van der Waals surface area contributed by atoms with Crippen molar-refractivity contribution in [3.05, 3.63) is 25.3 Å². The highest BCUT2D eigenvalue weighted by molar-refractivity contribution is 6.53. The maximum atomic E-state index is 3.95. The van der Waals surface area contributed by atoms with Crippen molar-refractivity contribution in [2.24, 2.45) is 5.92 Å². The predicted molar refractivity (Wildman–Crippen MR) is 82.0 cm³/mol. The zero-order chi connectivity index (χ0) is 12.8. The van der Waals surface area contributed by atoms with Gasteiger partial charge in [0.2, 0.25) is 0 Å². The molecule has 0 bridgehead atoms. The van der Waals surface area contributed by atoms with Crippen molar-refractivity contribution in [2.45, 2.75) is 50.6 Å². The lowest BCUT2D eigenvalue weighted by atomic mass is 9.79. The summed E-state index contributed by atoms with van der Waals surface area (Å²) < 4.78 is 2.86. The van der Waals surface area contributed by atoms with Gasteiger partial charge in [0, 0.05) is 12.6 Å². The van der Waals surface area contributed by atoms with Crippen LogP contribution in [0.25, 0.3) is 0 Å². The van der Waals surface area contributed by atoms with Gasteiger partial charge < -0.3 is 9.55 Å². The zero-order valence-corrected chi connectivity index (χ0v) is 12.8. The van der Waals surface area contributed by atoms with E-state index in [9.17, 15) is 0 Å². The molecule has 18 heavy (non-hydrogen) atoms. The number of fused-ring (bicyclic) bond motifs is 1. The highest BCUT2D eigenvalue weighted by Crippen LogP contribution is 2.35. The molecule has 1 saturated heterocycles. The van der Waals surface area contributed by atoms with Crippen LogP contribution in [-0.4, -0.2) is 32.8 Å². The summed E-state index contributed by atoms with van der Waals surface area (Å²) in [5.41, 5.74) is 0. The van der Waals surface area contributed by atoms with E-state index in [0.717, 1.165) is 18.5 Å². The molecule has 1 N–H and O–H groups in total. The normalized spacial score (nSPS) is 30.4. The summed E-state index contributed by atoms with van der Waals surface area (Å²) >= 11 is 0. The Morgan fingerprint density at radius 3 is 2.67 bits per heavy atom. The van der Waals surface area contributed by atoms with E-state index in [4.69, 9.17) is 0 Å². The summed E-state index contributed by atoms with van der Waals surface area (Å²) in [5.74, 6) is 0.984. The summed E-state index contributed by atoms with van der Waals surface area (Å²) in [5, 5.41) is 0. The first-order valence-corrected chi connectivity index (χ1v) is 9.48. The number of rotatable bonds is 6. The molecular weight excluding hydrogens is 236 g/mol. The van der Waals surface area contributed by atoms with Crippen molar-refractivity contribution in [2.75, 3.05) is 13.1 Å². The van der Waals surface area contributed by atoms with Crippen molar-refractivity contribution in [1.82, 2.24) is 9.55 Å². The minimum atomic E-state index is -1.03. The number of nitrogens with zero attached hydrogens (tertiary/aromatic N) is 1. The summed E-state index contributed by atoms with van der Waals surface area (Å²) in [6.07, 6.45) is 12.8. The molecular formula is C15H28N2Si. The average molecular weight is 264 g/mol. The highest BCUT2D eigenvalue weighted by atomic mass is 28.3. The molecule has 1 saturated carbocycles. The van der Waals surface area contributed by atoms with Crippen LogP contribution in [0.15, 0.2) is 25.3 Å². The van der Waals surface area contributed by atoms with Crippen molar-refractivity contribution >= 4 is 9.12 Å². The molecule has 3 unspecified atom stereocenters. The second-order valence-corrected chi connectivity index (χ2v) is 8.30. The van der Waals surface area contributed by atoms with Crippen LogP contribution in [0, 0.1) is 5.92 Å². The Kier molecular flexibility index (Phi) is 5.67. The molecule has 1 aliphatic carbocycles. The van der Waals surface area contributed by atoms with Crippen LogP contribution in [0.2, 0.25) is 6.04 Å². The van der Waals surface area contributed by atoms with Gasteiger partial charge >= 0.3 is 0 Å². The Hall–Kier alpha value is -0.383. The second kappa shape index (κ2) is 7.27. The van der Waals surface area contributed by atoms with Gasteiger partial charge in [-0.15, -0.1) is 13.2 Å². The molecule has 0 spiro atoms. The first kappa shape index (κ1) is 14.0. The van der Waals surface area contributed by atoms with Crippen molar-refractivity contribution < 1.29 is 0 Å². The summed E-state index contributed by atoms with van der Waals surface area (Å²) in [6, 6.07) is 2.05. The molecule has 1 aliphatic heterocycles. The minimum Gasteiger partial charge on any atom is -0.324 e. The fraction of sp³-hybridized carbons (Fsp3) is 0.733. The van der Waals surface area contributed by atoms with E-state index in [-0.39, 0.29) is 0 Å². The van der Waals surface area contributed by atoms with E-state index in [2.05, 4.69) is 28.8 Å². The predicted octanol–water partition coefficient (Wildman–Crippen LogP) is 2.82. The SMILES string of the molecule is C=CCN[SiH](CC=C)N1CCCC2CCCCC21. The van der Waals surface area contributed by atoms with Gasteiger partial charge in [0.05, 0.1) is 0 Å². The first-order chi connectivity index (χ1) is 8.86. The van der Waals surface area contributed by atoms with Gasteiger partial charge in [-0.3, -0.25) is 0 Å². The van der Waals surface area contributed by atoms with Gasteiger partial charge in [0.1, 0.15) is 0 Å². The Bertz CT molecular complexity index is 278. The summed E-state index contributed by atoms with van der Waals surface area (Å²) in [6.45, 7) is 10.1. The molecule has 0 aromatic rings. The van der Waals surface area contributed by atoms with Gasteiger partial charge in [-0.2, -0.15) is 0 Å². The topological polar surface area (TPSA) is 15.3 Å². The fourth-order valence-corrected chi connectivity index (χ4v) is 6.54. The van der Waals surface area contributed by atoms with E-state index < -0.39 is 9.12 Å². The van der Waals surface area contributed by atoms with Gasteiger partial charge in [0.25, 0.3) is 0 Å². The number of nitrogens with one attached hydrogen (secondary N) is 1. The third kappa shape index (κ3) is 3.34. The third-order valence-corrected chi connectivity index (χ3v) is 7.50. The lowest BCUT2D eigenvalue weighted by Crippen LogP contribution is -2.59. The van der Waals surface area contributed by atoms with Crippen LogP contribution in [-0.2, 0) is 0 Å². The summed E-state index contributed by atoms with van der Waals surface area (Å²) in [4.78, 5) is 3.75. The highest BCUT2D eigenvalue weighted by Gasteiger charge is 2.36. The minimum absolute atomic E-state index is 0.876. The van der Waals surface area contributed by atoms with Gasteiger partial charge in [-0.05, 0) is 44.2 Å². The molecule has 0 radical (unpaired) electrons. The van der Waals surface area contributed by atoms with Gasteiger partial charge in [-0.25, -0.2) is 0 Å². The lowest BCUT2D eigenvalue weighted by molar-refractivity contribution is 0.123. The Labute approximate surface area is 114 Å². The monoisotopic (exact) mass is 264 g/mol. The molecule has 3 heteroatoms. The van der Waals surface area contributed by atoms with Gasteiger partial charge in [0.15, 0.2) is 9.12 Å². The fourth-order valence-electron chi connectivity index (χ4n) is 3.76. The summed E-state index contributed by atoms with van der Waals surface area (Å²) in [7, 11) is -1.03. The number of hydrogen-bond donors (Lipinski definition) is 1. The Balaban J connectivity index is 2.01. The molecule has 2 rings (SSSR count). The van der Waals surface area contributed by atoms with E-state index in [1.807, 2.05) is 6.08 Å². The maximum absolute atomic E-state index is 3.95. The standard InChI is InChI=1S/C15H28N2Si/c1-3-11-16-18(13-4-2)17-12-7-9-14-8-5-6-10-15(14)17/h3-4,14-16,18H,1-2,5-13H2. The Morgan fingerprint density at radius 2 is 1.89 bits per heavy atom. The molecule has 0 aromatic carbocycles. The largest absolute Gasteiger partial charge is 0.324 e. The van der Waals surface area contributed by atoms with E-state index in [1.165, 1.54) is 51.1 Å². The van der Waals surface area contributed by atoms with E-state index in [1.54, 1.807) is 0 Å². The van der Waals surface area contributed by atoms with Gasteiger partial charge in [-0.1, -0.05) is 25.0 Å². The van der Waals surface area contributed by atoms with Crippen LogP contribution in [0.1, 0.15) is 38.5 Å². The number of hydrogen-bond acceptors (Lipinski definition) is 2. The molecule has 2 nitrogen and oxygen atoms in total. The smallest absolute Gasteiger partial charge is 0.191 e. The average Bonchev–Trinajstić information content (AvgIpc) is 2.43. The number of allylic oxidation sites excluding steroid dienone is 1. The molecule has 1 heterocycles. The zero-order valence-electron chi connectivity index (χ0n) is 11.6. The maximum Gasteiger partial charge on any atom is 0.191 e. The van der Waals surface area contributed by atoms with Crippen LogP contribution in [0.3, 0.4) is 0 Å². The van der Waals surface area contributed by atoms with Crippen LogP contribution >= 0.6 is 0 Å². The molecule has 102 valence electrons. The van der Waals surface area contributed by atoms with Crippen molar-refractivity contribution in [3.8, 4) is 0 Å². The molecule has 3 atom stereocenters. The molecule has 2 fully saturated rings. The first-order valence-electron chi connectivity index (χ1n) is 7.57. The van der Waals surface area contributed by atoms with Crippen molar-refractivity contribution in [1.29, 1.82) is 0 Å². The Morgan fingerprint density at radius 1 is 1.11 bits per heavy atom. The third-order valence-electron chi connectivity index (χ3n) is 4.57.